The van der Waals surface area contributed by atoms with Gasteiger partial charge in [-0.05, 0) is 43.5 Å². The maximum atomic E-state index is 4.28. The molecule has 0 amide bonds. The largest absolute Gasteiger partial charge is 0.313 e. The third-order valence-electron chi connectivity index (χ3n) is 3.53. The number of thioether (sulfide) groups is 1. The molecule has 0 bridgehead atoms. The Labute approximate surface area is 115 Å². The number of rotatable bonds is 6. The van der Waals surface area contributed by atoms with Gasteiger partial charge < -0.3 is 5.32 Å². The number of aryl methyl sites for hydroxylation is 1. The molecule has 2 unspecified atom stereocenters. The lowest BCUT2D eigenvalue weighted by molar-refractivity contribution is 0.461. The maximum Gasteiger partial charge on any atom is 0.0522 e. The van der Waals surface area contributed by atoms with Crippen LogP contribution in [0, 0.1) is 0 Å². The van der Waals surface area contributed by atoms with E-state index in [1.54, 1.807) is 0 Å². The highest BCUT2D eigenvalue weighted by molar-refractivity contribution is 8.00. The second-order valence-electron chi connectivity index (χ2n) is 5.19. The van der Waals surface area contributed by atoms with Crippen LogP contribution in [0.25, 0.3) is 0 Å². The molecule has 102 valence electrons. The molecule has 1 N–H and O–H groups in total. The first-order valence-corrected chi connectivity index (χ1v) is 8.17. The summed E-state index contributed by atoms with van der Waals surface area (Å²) in [7, 11) is 1.99. The standard InChI is InChI=1S/C14H25N3S/c1-3-7-15-13(14-6-4-5-8-18-14)9-12-10-16-17(2)11-12/h10-11,13-15H,3-9H2,1-2H3. The maximum absolute atomic E-state index is 4.28. The van der Waals surface area contributed by atoms with Crippen LogP contribution in [0.1, 0.15) is 38.2 Å². The molecular weight excluding hydrogens is 242 g/mol. The van der Waals surface area contributed by atoms with Crippen molar-refractivity contribution in [1.82, 2.24) is 15.1 Å². The normalized spacial score (nSPS) is 22.0. The monoisotopic (exact) mass is 267 g/mol. The van der Waals surface area contributed by atoms with Gasteiger partial charge in [0.2, 0.25) is 0 Å². The molecule has 3 nitrogen and oxygen atoms in total. The van der Waals surface area contributed by atoms with Crippen molar-refractivity contribution in [3.63, 3.8) is 0 Å². The summed E-state index contributed by atoms with van der Waals surface area (Å²) in [5.41, 5.74) is 1.36. The highest BCUT2D eigenvalue weighted by Gasteiger charge is 2.24. The average Bonchev–Trinajstić information content (AvgIpc) is 2.81. The fourth-order valence-electron chi connectivity index (χ4n) is 2.58. The van der Waals surface area contributed by atoms with E-state index in [4.69, 9.17) is 0 Å². The number of hydrogen-bond acceptors (Lipinski definition) is 3. The van der Waals surface area contributed by atoms with Crippen LogP contribution in [0.3, 0.4) is 0 Å². The molecule has 0 saturated carbocycles. The fourth-order valence-corrected chi connectivity index (χ4v) is 4.01. The van der Waals surface area contributed by atoms with Gasteiger partial charge in [0.25, 0.3) is 0 Å². The van der Waals surface area contributed by atoms with E-state index in [0.717, 1.165) is 18.2 Å². The molecule has 1 aliphatic rings. The molecular formula is C14H25N3S. The van der Waals surface area contributed by atoms with Gasteiger partial charge in [0.1, 0.15) is 0 Å². The van der Waals surface area contributed by atoms with Crippen molar-refractivity contribution in [2.24, 2.45) is 7.05 Å². The van der Waals surface area contributed by atoms with Gasteiger partial charge in [-0.15, -0.1) is 0 Å². The topological polar surface area (TPSA) is 29.9 Å². The first-order chi connectivity index (χ1) is 8.79. The molecule has 1 aromatic heterocycles. The quantitative estimate of drug-likeness (QED) is 0.859. The SMILES string of the molecule is CCCNC(Cc1cnn(C)c1)C1CCCCS1. The Morgan fingerprint density at radius 3 is 3.06 bits per heavy atom. The summed E-state index contributed by atoms with van der Waals surface area (Å²) in [6.45, 7) is 3.37. The lowest BCUT2D eigenvalue weighted by Gasteiger charge is -2.30. The zero-order valence-corrected chi connectivity index (χ0v) is 12.4. The van der Waals surface area contributed by atoms with Crippen LogP contribution in [-0.4, -0.2) is 33.4 Å². The Bertz CT molecular complexity index is 345. The Morgan fingerprint density at radius 1 is 1.56 bits per heavy atom. The third kappa shape index (κ3) is 4.02. The summed E-state index contributed by atoms with van der Waals surface area (Å²) in [5.74, 6) is 1.34. The Balaban J connectivity index is 1.94. The van der Waals surface area contributed by atoms with Crippen LogP contribution in [0.15, 0.2) is 12.4 Å². The number of nitrogens with one attached hydrogen (secondary N) is 1. The van der Waals surface area contributed by atoms with Crippen molar-refractivity contribution < 1.29 is 0 Å². The van der Waals surface area contributed by atoms with Crippen molar-refractivity contribution in [2.45, 2.75) is 50.3 Å². The molecule has 1 saturated heterocycles. The van der Waals surface area contributed by atoms with E-state index < -0.39 is 0 Å². The zero-order chi connectivity index (χ0) is 12.8. The van der Waals surface area contributed by atoms with Crippen LogP contribution in [0.4, 0.5) is 0 Å². The molecule has 2 rings (SSSR count). The third-order valence-corrected chi connectivity index (χ3v) is 5.05. The van der Waals surface area contributed by atoms with E-state index in [1.807, 2.05) is 17.9 Å². The van der Waals surface area contributed by atoms with Gasteiger partial charge in [-0.1, -0.05) is 13.3 Å². The first-order valence-electron chi connectivity index (χ1n) is 7.12. The molecule has 18 heavy (non-hydrogen) atoms. The molecule has 2 heterocycles. The summed E-state index contributed by atoms with van der Waals surface area (Å²) in [5, 5.41) is 8.80. The molecule has 1 fully saturated rings. The minimum Gasteiger partial charge on any atom is -0.313 e. The van der Waals surface area contributed by atoms with Crippen molar-refractivity contribution in [3.05, 3.63) is 18.0 Å². The predicted molar refractivity (Wildman–Crippen MR) is 79.1 cm³/mol. The predicted octanol–water partition coefficient (Wildman–Crippen LogP) is 2.62. The minimum atomic E-state index is 0.611. The van der Waals surface area contributed by atoms with Crippen molar-refractivity contribution in [1.29, 1.82) is 0 Å². The van der Waals surface area contributed by atoms with E-state index in [2.05, 4.69) is 35.3 Å². The molecule has 4 heteroatoms. The molecule has 0 spiro atoms. The molecule has 0 aliphatic carbocycles. The van der Waals surface area contributed by atoms with E-state index in [-0.39, 0.29) is 0 Å². The van der Waals surface area contributed by atoms with Crippen LogP contribution < -0.4 is 5.32 Å². The van der Waals surface area contributed by atoms with Crippen LogP contribution in [-0.2, 0) is 13.5 Å². The van der Waals surface area contributed by atoms with Crippen LogP contribution >= 0.6 is 11.8 Å². The summed E-state index contributed by atoms with van der Waals surface area (Å²) in [6, 6.07) is 0.611. The van der Waals surface area contributed by atoms with E-state index in [0.29, 0.717) is 6.04 Å². The van der Waals surface area contributed by atoms with E-state index >= 15 is 0 Å². The van der Waals surface area contributed by atoms with Gasteiger partial charge in [-0.3, -0.25) is 4.68 Å². The van der Waals surface area contributed by atoms with Gasteiger partial charge in [-0.25, -0.2) is 0 Å². The minimum absolute atomic E-state index is 0.611. The summed E-state index contributed by atoms with van der Waals surface area (Å²) < 4.78 is 1.90. The zero-order valence-electron chi connectivity index (χ0n) is 11.6. The Kier molecular flexibility index (Phi) is 5.57. The molecule has 2 atom stereocenters. The van der Waals surface area contributed by atoms with Gasteiger partial charge >= 0.3 is 0 Å². The lowest BCUT2D eigenvalue weighted by Crippen LogP contribution is -2.41. The van der Waals surface area contributed by atoms with Gasteiger partial charge in [-0.2, -0.15) is 16.9 Å². The molecule has 1 aromatic rings. The summed E-state index contributed by atoms with van der Waals surface area (Å²) in [6.07, 6.45) is 10.6. The van der Waals surface area contributed by atoms with Crippen molar-refractivity contribution in [3.8, 4) is 0 Å². The number of nitrogens with zero attached hydrogens (tertiary/aromatic N) is 2. The van der Waals surface area contributed by atoms with E-state index in [1.165, 1.54) is 37.0 Å². The summed E-state index contributed by atoms with van der Waals surface area (Å²) >= 11 is 2.16. The van der Waals surface area contributed by atoms with Gasteiger partial charge in [0.05, 0.1) is 6.20 Å². The highest BCUT2D eigenvalue weighted by atomic mass is 32.2. The second-order valence-corrected chi connectivity index (χ2v) is 6.54. The van der Waals surface area contributed by atoms with Crippen molar-refractivity contribution >= 4 is 11.8 Å². The fraction of sp³-hybridized carbons (Fsp3) is 0.786. The van der Waals surface area contributed by atoms with Gasteiger partial charge in [0.15, 0.2) is 0 Å². The Hall–Kier alpha value is -0.480. The Morgan fingerprint density at radius 2 is 2.44 bits per heavy atom. The molecule has 0 radical (unpaired) electrons. The average molecular weight is 267 g/mol. The smallest absolute Gasteiger partial charge is 0.0522 e. The van der Waals surface area contributed by atoms with Crippen molar-refractivity contribution in [2.75, 3.05) is 12.3 Å². The lowest BCUT2D eigenvalue weighted by atomic mass is 10.0. The van der Waals surface area contributed by atoms with Crippen LogP contribution in [0.5, 0.6) is 0 Å². The van der Waals surface area contributed by atoms with E-state index in [9.17, 15) is 0 Å². The highest BCUT2D eigenvalue weighted by Crippen LogP contribution is 2.28. The summed E-state index contributed by atoms with van der Waals surface area (Å²) in [4.78, 5) is 0. The number of aromatic nitrogens is 2. The second kappa shape index (κ2) is 7.19. The first kappa shape index (κ1) is 13.9. The molecule has 1 aliphatic heterocycles. The van der Waals surface area contributed by atoms with Gasteiger partial charge in [0, 0.05) is 24.5 Å². The molecule has 0 aromatic carbocycles. The van der Waals surface area contributed by atoms with Crippen LogP contribution in [0.2, 0.25) is 0 Å². The number of hydrogen-bond donors (Lipinski definition) is 1.